The van der Waals surface area contributed by atoms with Crippen LogP contribution < -0.4 is 10.3 Å². The first-order valence-corrected chi connectivity index (χ1v) is 8.18. The Morgan fingerprint density at radius 2 is 2.17 bits per heavy atom. The molecule has 0 aliphatic carbocycles. The van der Waals surface area contributed by atoms with Crippen LogP contribution >= 0.6 is 0 Å². The Kier molecular flexibility index (Phi) is 6.72. The first-order chi connectivity index (χ1) is 11.6. The number of aromatic amines is 1. The van der Waals surface area contributed by atoms with E-state index in [4.69, 9.17) is 9.84 Å². The molecule has 0 saturated heterocycles. The fraction of sp³-hybridized carbons (Fsp3) is 0.529. The van der Waals surface area contributed by atoms with Gasteiger partial charge in [0.25, 0.3) is 5.56 Å². The Hall–Kier alpha value is -1.96. The number of rotatable bonds is 9. The molecule has 7 nitrogen and oxygen atoms in total. The predicted molar refractivity (Wildman–Crippen MR) is 92.3 cm³/mol. The number of ether oxygens (including phenoxy) is 1. The number of hydrogen-bond donors (Lipinski definition) is 3. The fourth-order valence-electron chi connectivity index (χ4n) is 2.62. The second-order valence-electron chi connectivity index (χ2n) is 5.70. The highest BCUT2D eigenvalue weighted by Crippen LogP contribution is 2.22. The second kappa shape index (κ2) is 8.77. The van der Waals surface area contributed by atoms with E-state index in [2.05, 4.69) is 16.9 Å². The molecule has 1 heterocycles. The van der Waals surface area contributed by atoms with Crippen LogP contribution in [0.1, 0.15) is 31.7 Å². The van der Waals surface area contributed by atoms with Gasteiger partial charge in [-0.3, -0.25) is 9.69 Å². The number of fused-ring (bicyclic) bond motifs is 1. The summed E-state index contributed by atoms with van der Waals surface area (Å²) in [6.07, 6.45) is 1.05. The number of H-pyrrole nitrogens is 1. The van der Waals surface area contributed by atoms with E-state index in [1.54, 1.807) is 18.2 Å². The van der Waals surface area contributed by atoms with E-state index in [1.807, 2.05) is 4.90 Å². The van der Waals surface area contributed by atoms with E-state index in [-0.39, 0.29) is 18.0 Å². The molecule has 0 bridgehead atoms. The second-order valence-corrected chi connectivity index (χ2v) is 5.70. The van der Waals surface area contributed by atoms with Gasteiger partial charge < -0.3 is 19.9 Å². The van der Waals surface area contributed by atoms with Crippen molar-refractivity contribution in [1.82, 2.24) is 14.9 Å². The van der Waals surface area contributed by atoms with Crippen LogP contribution in [-0.4, -0.2) is 58.4 Å². The van der Waals surface area contributed by atoms with Crippen molar-refractivity contribution < 1.29 is 14.9 Å². The molecule has 0 saturated carbocycles. The highest BCUT2D eigenvalue weighted by molar-refractivity contribution is 5.83. The third-order valence-electron chi connectivity index (χ3n) is 3.93. The molecule has 132 valence electrons. The van der Waals surface area contributed by atoms with Gasteiger partial charge >= 0.3 is 0 Å². The van der Waals surface area contributed by atoms with Gasteiger partial charge in [-0.15, -0.1) is 0 Å². The van der Waals surface area contributed by atoms with E-state index in [1.165, 1.54) is 7.11 Å². The minimum absolute atomic E-state index is 0.0198. The molecule has 3 N–H and O–H groups in total. The van der Waals surface area contributed by atoms with Crippen molar-refractivity contribution >= 4 is 10.9 Å². The van der Waals surface area contributed by atoms with E-state index in [0.29, 0.717) is 29.7 Å². The number of aliphatic hydroxyl groups excluding tert-OH is 2. The number of nitrogens with one attached hydrogen (secondary N) is 1. The molecule has 7 heteroatoms. The standard InChI is InChI=1S/C17H25N3O4/c1-3-4-8-20(9-10-21)11-13(22)16-18-15-12(17(23)19-16)6-5-7-14(15)24-2/h5-7,13,21-22H,3-4,8-11H2,1-2H3,(H,18,19,23). The summed E-state index contributed by atoms with van der Waals surface area (Å²) in [6, 6.07) is 5.12. The molecule has 0 aliphatic rings. The van der Waals surface area contributed by atoms with Crippen molar-refractivity contribution in [3.63, 3.8) is 0 Å². The fourth-order valence-corrected chi connectivity index (χ4v) is 2.62. The minimum atomic E-state index is -0.949. The SMILES string of the molecule is CCCCN(CCO)CC(O)c1nc2c(OC)cccc2c(=O)[nH]1. The molecule has 0 fully saturated rings. The van der Waals surface area contributed by atoms with Crippen LogP contribution in [0.25, 0.3) is 10.9 Å². The molecule has 0 amide bonds. The lowest BCUT2D eigenvalue weighted by molar-refractivity contribution is 0.0932. The van der Waals surface area contributed by atoms with Gasteiger partial charge in [-0.2, -0.15) is 0 Å². The molecule has 0 aliphatic heterocycles. The van der Waals surface area contributed by atoms with Crippen LogP contribution in [0.5, 0.6) is 5.75 Å². The van der Waals surface area contributed by atoms with Crippen LogP contribution in [0.2, 0.25) is 0 Å². The Morgan fingerprint density at radius 3 is 2.83 bits per heavy atom. The minimum Gasteiger partial charge on any atom is -0.494 e. The number of unbranched alkanes of at least 4 members (excludes halogenated alkanes) is 1. The summed E-state index contributed by atoms with van der Waals surface area (Å²) in [5.41, 5.74) is 0.121. The summed E-state index contributed by atoms with van der Waals surface area (Å²) in [7, 11) is 1.52. The summed E-state index contributed by atoms with van der Waals surface area (Å²) in [4.78, 5) is 21.2. The molecule has 0 radical (unpaired) electrons. The maximum atomic E-state index is 12.2. The Labute approximate surface area is 140 Å². The van der Waals surface area contributed by atoms with Gasteiger partial charge in [-0.25, -0.2) is 4.98 Å². The van der Waals surface area contributed by atoms with Crippen LogP contribution in [0.3, 0.4) is 0 Å². The zero-order chi connectivity index (χ0) is 17.5. The van der Waals surface area contributed by atoms with Gasteiger partial charge in [0, 0.05) is 13.1 Å². The van der Waals surface area contributed by atoms with E-state index >= 15 is 0 Å². The van der Waals surface area contributed by atoms with E-state index < -0.39 is 6.10 Å². The van der Waals surface area contributed by atoms with Gasteiger partial charge in [0.15, 0.2) is 0 Å². The third-order valence-corrected chi connectivity index (χ3v) is 3.93. The quantitative estimate of drug-likeness (QED) is 0.634. The van der Waals surface area contributed by atoms with Gasteiger partial charge in [-0.1, -0.05) is 19.4 Å². The van der Waals surface area contributed by atoms with Crippen LogP contribution in [0.4, 0.5) is 0 Å². The highest BCUT2D eigenvalue weighted by Gasteiger charge is 2.17. The van der Waals surface area contributed by atoms with Crippen LogP contribution in [-0.2, 0) is 0 Å². The first kappa shape index (κ1) is 18.4. The van der Waals surface area contributed by atoms with Crippen LogP contribution in [0, 0.1) is 0 Å². The van der Waals surface area contributed by atoms with Crippen LogP contribution in [0.15, 0.2) is 23.0 Å². The van der Waals surface area contributed by atoms with Crippen molar-refractivity contribution in [1.29, 1.82) is 0 Å². The molecule has 1 unspecified atom stereocenters. The molecule has 1 atom stereocenters. The van der Waals surface area contributed by atoms with Crippen molar-refractivity contribution in [3.8, 4) is 5.75 Å². The van der Waals surface area contributed by atoms with Gasteiger partial charge in [0.1, 0.15) is 23.2 Å². The number of benzene rings is 1. The Balaban J connectivity index is 2.28. The zero-order valence-corrected chi connectivity index (χ0v) is 14.2. The highest BCUT2D eigenvalue weighted by atomic mass is 16.5. The Bertz CT molecular complexity index is 717. The largest absolute Gasteiger partial charge is 0.494 e. The summed E-state index contributed by atoms with van der Waals surface area (Å²) in [5.74, 6) is 0.696. The summed E-state index contributed by atoms with van der Waals surface area (Å²) >= 11 is 0. The lowest BCUT2D eigenvalue weighted by atomic mass is 10.2. The molecule has 1 aromatic carbocycles. The maximum Gasteiger partial charge on any atom is 0.258 e. The normalized spacial score (nSPS) is 12.7. The zero-order valence-electron chi connectivity index (χ0n) is 14.2. The topological polar surface area (TPSA) is 98.7 Å². The first-order valence-electron chi connectivity index (χ1n) is 8.18. The van der Waals surface area contributed by atoms with Gasteiger partial charge in [0.2, 0.25) is 0 Å². The molecule has 2 rings (SSSR count). The molecule has 1 aromatic heterocycles. The number of methoxy groups -OCH3 is 1. The smallest absolute Gasteiger partial charge is 0.258 e. The van der Waals surface area contributed by atoms with Crippen molar-refractivity contribution in [2.75, 3.05) is 33.4 Å². The third kappa shape index (κ3) is 4.31. The van der Waals surface area contributed by atoms with Crippen molar-refractivity contribution in [2.24, 2.45) is 0 Å². The summed E-state index contributed by atoms with van der Waals surface area (Å²) in [5, 5.41) is 20.0. The lowest BCUT2D eigenvalue weighted by Crippen LogP contribution is -2.33. The monoisotopic (exact) mass is 335 g/mol. The lowest BCUT2D eigenvalue weighted by Gasteiger charge is -2.23. The van der Waals surface area contributed by atoms with E-state index in [9.17, 15) is 9.90 Å². The average molecular weight is 335 g/mol. The number of aromatic nitrogens is 2. The molecular formula is C17H25N3O4. The van der Waals surface area contributed by atoms with Gasteiger partial charge in [0.05, 0.1) is 19.1 Å². The summed E-state index contributed by atoms with van der Waals surface area (Å²) < 4.78 is 5.25. The molecule has 0 spiro atoms. The maximum absolute atomic E-state index is 12.2. The molecule has 24 heavy (non-hydrogen) atoms. The van der Waals surface area contributed by atoms with E-state index in [0.717, 1.165) is 19.4 Å². The Morgan fingerprint density at radius 1 is 1.38 bits per heavy atom. The number of para-hydroxylation sites is 1. The predicted octanol–water partition coefficient (Wildman–Crippen LogP) is 1.06. The summed E-state index contributed by atoms with van der Waals surface area (Å²) in [6.45, 7) is 3.64. The molecular weight excluding hydrogens is 310 g/mol. The molecule has 2 aromatic rings. The average Bonchev–Trinajstić information content (AvgIpc) is 2.59. The van der Waals surface area contributed by atoms with Crippen molar-refractivity contribution in [2.45, 2.75) is 25.9 Å². The number of nitrogens with zero attached hydrogens (tertiary/aromatic N) is 2. The number of hydrogen-bond acceptors (Lipinski definition) is 6. The number of aliphatic hydroxyl groups is 2. The van der Waals surface area contributed by atoms with Crippen molar-refractivity contribution in [3.05, 3.63) is 34.4 Å². The van der Waals surface area contributed by atoms with Gasteiger partial charge in [-0.05, 0) is 25.1 Å².